The topological polar surface area (TPSA) is 46.0 Å². The number of nitrogens with zero attached hydrogens (tertiary/aromatic N) is 2. The first-order valence-corrected chi connectivity index (χ1v) is 4.12. The summed E-state index contributed by atoms with van der Waals surface area (Å²) in [4.78, 5) is 7.81. The molecular formula is C7H9BrN2O. The molecule has 1 heterocycles. The zero-order valence-corrected chi connectivity index (χ0v) is 7.74. The molecule has 0 saturated carbocycles. The smallest absolute Gasteiger partial charge is 0.115 e. The fraction of sp³-hybridized carbons (Fsp3) is 0.429. The van der Waals surface area contributed by atoms with Crippen LogP contribution in [0.4, 0.5) is 0 Å². The summed E-state index contributed by atoms with van der Waals surface area (Å²) in [6.07, 6.45) is 3.34. The summed E-state index contributed by atoms with van der Waals surface area (Å²) in [7, 11) is 0. The van der Waals surface area contributed by atoms with E-state index in [2.05, 4.69) is 25.9 Å². The van der Waals surface area contributed by atoms with Crippen molar-refractivity contribution in [3.63, 3.8) is 0 Å². The van der Waals surface area contributed by atoms with Gasteiger partial charge in [-0.05, 0) is 22.9 Å². The van der Waals surface area contributed by atoms with Gasteiger partial charge in [-0.15, -0.1) is 0 Å². The average molecular weight is 217 g/mol. The van der Waals surface area contributed by atoms with Gasteiger partial charge in [0, 0.05) is 12.6 Å². The van der Waals surface area contributed by atoms with Crippen LogP contribution >= 0.6 is 15.9 Å². The van der Waals surface area contributed by atoms with Crippen LogP contribution in [-0.4, -0.2) is 21.2 Å². The summed E-state index contributed by atoms with van der Waals surface area (Å²) in [6, 6.07) is 0. The Morgan fingerprint density at radius 2 is 2.45 bits per heavy atom. The molecule has 4 heteroatoms. The number of halogens is 1. The maximum absolute atomic E-state index is 9.05. The first-order chi connectivity index (χ1) is 5.20. The average Bonchev–Trinajstić information content (AvgIpc) is 1.93. The van der Waals surface area contributed by atoms with Crippen LogP contribution in [0.2, 0.25) is 0 Å². The van der Waals surface area contributed by atoms with E-state index in [9.17, 15) is 0 Å². The first kappa shape index (κ1) is 8.62. The van der Waals surface area contributed by atoms with E-state index in [-0.39, 0.29) is 6.10 Å². The van der Waals surface area contributed by atoms with Gasteiger partial charge in [0.15, 0.2) is 0 Å². The lowest BCUT2D eigenvalue weighted by Gasteiger charge is -2.03. The molecule has 1 aromatic heterocycles. The van der Waals surface area contributed by atoms with Crippen molar-refractivity contribution in [1.29, 1.82) is 0 Å². The SMILES string of the molecule is CC(O)Cc1ncncc1Br. The molecule has 0 aliphatic carbocycles. The second-order valence-corrected chi connectivity index (χ2v) is 3.22. The van der Waals surface area contributed by atoms with Gasteiger partial charge < -0.3 is 5.11 Å². The summed E-state index contributed by atoms with van der Waals surface area (Å²) < 4.78 is 0.848. The van der Waals surface area contributed by atoms with Crippen LogP contribution in [0.1, 0.15) is 12.6 Å². The minimum absolute atomic E-state index is 0.360. The Morgan fingerprint density at radius 3 is 3.00 bits per heavy atom. The van der Waals surface area contributed by atoms with E-state index < -0.39 is 0 Å². The number of aliphatic hydroxyl groups excluding tert-OH is 1. The van der Waals surface area contributed by atoms with Crippen LogP contribution in [0.15, 0.2) is 17.0 Å². The van der Waals surface area contributed by atoms with Crippen molar-refractivity contribution in [1.82, 2.24) is 9.97 Å². The molecule has 0 radical (unpaired) electrons. The molecule has 1 N–H and O–H groups in total. The number of hydrogen-bond acceptors (Lipinski definition) is 3. The Bertz CT molecular complexity index is 240. The lowest BCUT2D eigenvalue weighted by atomic mass is 10.2. The number of aliphatic hydroxyl groups is 1. The van der Waals surface area contributed by atoms with E-state index in [1.165, 1.54) is 6.33 Å². The molecule has 3 nitrogen and oxygen atoms in total. The van der Waals surface area contributed by atoms with Crippen LogP contribution < -0.4 is 0 Å². The van der Waals surface area contributed by atoms with E-state index in [0.29, 0.717) is 6.42 Å². The second-order valence-electron chi connectivity index (χ2n) is 2.37. The molecule has 0 saturated heterocycles. The molecule has 1 atom stereocenters. The number of rotatable bonds is 2. The minimum atomic E-state index is -0.360. The maximum Gasteiger partial charge on any atom is 0.115 e. The van der Waals surface area contributed by atoms with Gasteiger partial charge >= 0.3 is 0 Å². The molecule has 60 valence electrons. The molecule has 0 fully saturated rings. The highest BCUT2D eigenvalue weighted by molar-refractivity contribution is 9.10. The summed E-state index contributed by atoms with van der Waals surface area (Å²) >= 11 is 3.29. The fourth-order valence-corrected chi connectivity index (χ4v) is 1.15. The predicted molar refractivity (Wildman–Crippen MR) is 45.1 cm³/mol. The van der Waals surface area contributed by atoms with Crippen LogP contribution in [0.5, 0.6) is 0 Å². The Hall–Kier alpha value is -0.480. The third-order valence-electron chi connectivity index (χ3n) is 1.23. The molecule has 11 heavy (non-hydrogen) atoms. The molecule has 0 bridgehead atoms. The Labute approximate surface area is 73.6 Å². The zero-order chi connectivity index (χ0) is 8.27. The van der Waals surface area contributed by atoms with Gasteiger partial charge in [-0.3, -0.25) is 0 Å². The largest absolute Gasteiger partial charge is 0.393 e. The van der Waals surface area contributed by atoms with Gasteiger partial charge in [-0.25, -0.2) is 9.97 Å². The van der Waals surface area contributed by atoms with Crippen molar-refractivity contribution >= 4 is 15.9 Å². The van der Waals surface area contributed by atoms with E-state index >= 15 is 0 Å². The molecule has 0 aliphatic rings. The normalized spacial score (nSPS) is 13.0. The van der Waals surface area contributed by atoms with Crippen molar-refractivity contribution in [3.05, 3.63) is 22.7 Å². The molecular weight excluding hydrogens is 208 g/mol. The summed E-state index contributed by atoms with van der Waals surface area (Å²) in [5.74, 6) is 0. The molecule has 1 rings (SSSR count). The highest BCUT2D eigenvalue weighted by Gasteiger charge is 2.03. The van der Waals surface area contributed by atoms with Crippen LogP contribution in [-0.2, 0) is 6.42 Å². The second kappa shape index (κ2) is 3.78. The molecule has 0 aromatic carbocycles. The lowest BCUT2D eigenvalue weighted by molar-refractivity contribution is 0.194. The predicted octanol–water partition coefficient (Wildman–Crippen LogP) is 1.16. The molecule has 0 amide bonds. The van der Waals surface area contributed by atoms with Crippen LogP contribution in [0, 0.1) is 0 Å². The van der Waals surface area contributed by atoms with Gasteiger partial charge in [0.05, 0.1) is 16.3 Å². The molecule has 1 aromatic rings. The van der Waals surface area contributed by atoms with E-state index in [1.807, 2.05) is 0 Å². The Kier molecular flexibility index (Phi) is 2.96. The van der Waals surface area contributed by atoms with Crippen LogP contribution in [0.3, 0.4) is 0 Å². The van der Waals surface area contributed by atoms with Gasteiger partial charge in [0.25, 0.3) is 0 Å². The van der Waals surface area contributed by atoms with Gasteiger partial charge in [0.2, 0.25) is 0 Å². The molecule has 0 aliphatic heterocycles. The summed E-state index contributed by atoms with van der Waals surface area (Å²) in [5, 5.41) is 9.05. The maximum atomic E-state index is 9.05. The Morgan fingerprint density at radius 1 is 1.73 bits per heavy atom. The van der Waals surface area contributed by atoms with Crippen molar-refractivity contribution in [2.24, 2.45) is 0 Å². The summed E-state index contributed by atoms with van der Waals surface area (Å²) in [5.41, 5.74) is 0.843. The third kappa shape index (κ3) is 2.55. The molecule has 1 unspecified atom stereocenters. The van der Waals surface area contributed by atoms with E-state index in [1.54, 1.807) is 13.1 Å². The fourth-order valence-electron chi connectivity index (χ4n) is 0.768. The standard InChI is InChI=1S/C7H9BrN2O/c1-5(11)2-7-6(8)3-9-4-10-7/h3-5,11H,2H2,1H3. The van der Waals surface area contributed by atoms with Crippen molar-refractivity contribution < 1.29 is 5.11 Å². The van der Waals surface area contributed by atoms with E-state index in [0.717, 1.165) is 10.2 Å². The minimum Gasteiger partial charge on any atom is -0.393 e. The van der Waals surface area contributed by atoms with Crippen molar-refractivity contribution in [2.45, 2.75) is 19.4 Å². The molecule has 0 spiro atoms. The lowest BCUT2D eigenvalue weighted by Crippen LogP contribution is -2.06. The number of aromatic nitrogens is 2. The Balaban J connectivity index is 2.78. The van der Waals surface area contributed by atoms with E-state index in [4.69, 9.17) is 5.11 Å². The van der Waals surface area contributed by atoms with Gasteiger partial charge in [0.1, 0.15) is 6.33 Å². The van der Waals surface area contributed by atoms with Gasteiger partial charge in [-0.1, -0.05) is 0 Å². The highest BCUT2D eigenvalue weighted by Crippen LogP contribution is 2.13. The highest BCUT2D eigenvalue weighted by atomic mass is 79.9. The van der Waals surface area contributed by atoms with Crippen molar-refractivity contribution in [3.8, 4) is 0 Å². The third-order valence-corrected chi connectivity index (χ3v) is 1.90. The first-order valence-electron chi connectivity index (χ1n) is 3.32. The van der Waals surface area contributed by atoms with Crippen LogP contribution in [0.25, 0.3) is 0 Å². The number of hydrogen-bond donors (Lipinski definition) is 1. The quantitative estimate of drug-likeness (QED) is 0.808. The summed E-state index contributed by atoms with van der Waals surface area (Å²) in [6.45, 7) is 1.73. The van der Waals surface area contributed by atoms with Gasteiger partial charge in [-0.2, -0.15) is 0 Å². The monoisotopic (exact) mass is 216 g/mol. The van der Waals surface area contributed by atoms with Crippen molar-refractivity contribution in [2.75, 3.05) is 0 Å². The zero-order valence-electron chi connectivity index (χ0n) is 6.16.